The van der Waals surface area contributed by atoms with Gasteiger partial charge in [0.15, 0.2) is 0 Å². The molecule has 0 radical (unpaired) electrons. The van der Waals surface area contributed by atoms with Crippen molar-refractivity contribution in [3.8, 4) is 5.75 Å². The molecule has 3 heterocycles. The summed E-state index contributed by atoms with van der Waals surface area (Å²) >= 11 is 0. The van der Waals surface area contributed by atoms with Crippen molar-refractivity contribution in [1.82, 2.24) is 9.80 Å². The Balaban J connectivity index is 1.60. The highest BCUT2D eigenvalue weighted by atomic mass is 19.3. The van der Waals surface area contributed by atoms with Crippen molar-refractivity contribution in [2.45, 2.75) is 45.9 Å². The fraction of sp³-hybridized carbons (Fsp3) is 0.600. The predicted octanol–water partition coefficient (Wildman–Crippen LogP) is 4.15. The van der Waals surface area contributed by atoms with E-state index in [4.69, 9.17) is 0 Å². The van der Waals surface area contributed by atoms with Crippen LogP contribution in [0, 0.1) is 5.92 Å². The number of ether oxygens (including phenoxy) is 1. The van der Waals surface area contributed by atoms with Crippen LogP contribution in [-0.4, -0.2) is 48.6 Å². The Bertz CT molecular complexity index is 584. The summed E-state index contributed by atoms with van der Waals surface area (Å²) in [5, 5.41) is 0. The lowest BCUT2D eigenvalue weighted by Gasteiger charge is -2.35. The highest BCUT2D eigenvalue weighted by Crippen LogP contribution is 2.29. The van der Waals surface area contributed by atoms with Crippen molar-refractivity contribution in [1.29, 1.82) is 0 Å². The van der Waals surface area contributed by atoms with Gasteiger partial charge >= 0.3 is 6.61 Å². The monoisotopic (exact) mass is 350 g/mol. The van der Waals surface area contributed by atoms with E-state index in [0.29, 0.717) is 6.04 Å². The fourth-order valence-electron chi connectivity index (χ4n) is 3.96. The van der Waals surface area contributed by atoms with Gasteiger partial charge in [0, 0.05) is 38.8 Å². The van der Waals surface area contributed by atoms with Gasteiger partial charge in [-0.15, -0.1) is 0 Å². The number of halogens is 2. The number of fused-ring (bicyclic) bond motifs is 4. The summed E-state index contributed by atoms with van der Waals surface area (Å²) in [5.74, 6) is 0.952. The molecule has 25 heavy (non-hydrogen) atoms. The van der Waals surface area contributed by atoms with Crippen LogP contribution >= 0.6 is 0 Å². The van der Waals surface area contributed by atoms with Gasteiger partial charge in [-0.25, -0.2) is 0 Å². The quantitative estimate of drug-likeness (QED) is 0.717. The molecule has 3 aliphatic heterocycles. The average molecular weight is 350 g/mol. The molecule has 5 heteroatoms. The van der Waals surface area contributed by atoms with Gasteiger partial charge in [0.2, 0.25) is 0 Å². The average Bonchev–Trinajstić information content (AvgIpc) is 2.84. The number of benzene rings is 1. The van der Waals surface area contributed by atoms with Gasteiger partial charge < -0.3 is 4.74 Å². The molecular formula is C20H28F2N2O. The fourth-order valence-corrected chi connectivity index (χ4v) is 3.96. The number of allylic oxidation sites excluding steroid dienone is 1. The third kappa shape index (κ3) is 5.25. The van der Waals surface area contributed by atoms with Crippen LogP contribution in [-0.2, 0) is 6.54 Å². The predicted molar refractivity (Wildman–Crippen MR) is 95.9 cm³/mol. The number of hydrogen-bond donors (Lipinski definition) is 0. The van der Waals surface area contributed by atoms with E-state index in [9.17, 15) is 8.78 Å². The summed E-state index contributed by atoms with van der Waals surface area (Å²) in [5.41, 5.74) is 2.53. The van der Waals surface area contributed by atoms with E-state index in [1.807, 2.05) is 12.1 Å². The highest BCUT2D eigenvalue weighted by Gasteiger charge is 2.34. The van der Waals surface area contributed by atoms with Crippen molar-refractivity contribution >= 4 is 0 Å². The lowest BCUT2D eigenvalue weighted by Crippen LogP contribution is -2.43. The maximum absolute atomic E-state index is 12.2. The smallest absolute Gasteiger partial charge is 0.387 e. The van der Waals surface area contributed by atoms with Gasteiger partial charge in [0.25, 0.3) is 0 Å². The van der Waals surface area contributed by atoms with Gasteiger partial charge in [0.05, 0.1) is 0 Å². The summed E-state index contributed by atoms with van der Waals surface area (Å²) in [6.45, 7) is 6.87. The van der Waals surface area contributed by atoms with Crippen molar-refractivity contribution in [3.05, 3.63) is 41.5 Å². The molecule has 138 valence electrons. The molecule has 3 saturated heterocycles. The molecule has 2 bridgehead atoms. The van der Waals surface area contributed by atoms with Crippen molar-refractivity contribution in [2.24, 2.45) is 5.92 Å². The molecule has 1 aromatic rings. The number of hydrogen-bond acceptors (Lipinski definition) is 3. The van der Waals surface area contributed by atoms with Crippen LogP contribution in [0.25, 0.3) is 0 Å². The zero-order chi connectivity index (χ0) is 17.8. The van der Waals surface area contributed by atoms with E-state index in [0.717, 1.165) is 37.7 Å². The molecule has 0 spiro atoms. The Morgan fingerprint density at radius 1 is 1.16 bits per heavy atom. The zero-order valence-electron chi connectivity index (χ0n) is 15.1. The molecule has 0 unspecified atom stereocenters. The molecule has 3 nitrogen and oxygen atoms in total. The lowest BCUT2D eigenvalue weighted by molar-refractivity contribution is -0.0498. The lowest BCUT2D eigenvalue weighted by atomic mass is 9.95. The molecular weight excluding hydrogens is 322 g/mol. The van der Waals surface area contributed by atoms with Crippen molar-refractivity contribution < 1.29 is 13.5 Å². The zero-order valence-corrected chi connectivity index (χ0v) is 15.1. The van der Waals surface area contributed by atoms with E-state index >= 15 is 0 Å². The molecule has 4 rings (SSSR count). The Morgan fingerprint density at radius 3 is 2.60 bits per heavy atom. The SMILES string of the molecule is CC(C)=CCN1C[C@H]2CC[C@@H]1CN(Cc1ccc(OC(F)F)cc1)C2. The van der Waals surface area contributed by atoms with E-state index in [-0.39, 0.29) is 5.75 Å². The molecule has 0 N–H and O–H groups in total. The Hall–Kier alpha value is -1.46. The third-order valence-corrected chi connectivity index (χ3v) is 5.19. The topological polar surface area (TPSA) is 15.7 Å². The van der Waals surface area contributed by atoms with Crippen molar-refractivity contribution in [2.75, 3.05) is 26.2 Å². The molecule has 3 aliphatic rings. The van der Waals surface area contributed by atoms with Crippen LogP contribution in [0.2, 0.25) is 0 Å². The second kappa shape index (κ2) is 8.28. The minimum atomic E-state index is -2.76. The van der Waals surface area contributed by atoms with Crippen LogP contribution in [0.1, 0.15) is 32.3 Å². The van der Waals surface area contributed by atoms with Crippen LogP contribution in [0.3, 0.4) is 0 Å². The van der Waals surface area contributed by atoms with Gasteiger partial charge in [-0.1, -0.05) is 23.8 Å². The summed E-state index contributed by atoms with van der Waals surface area (Å²) in [7, 11) is 0. The number of piperidine rings is 1. The van der Waals surface area contributed by atoms with Gasteiger partial charge in [0.1, 0.15) is 5.75 Å². The maximum Gasteiger partial charge on any atom is 0.387 e. The Kier molecular flexibility index (Phi) is 6.07. The molecule has 0 aromatic heterocycles. The molecule has 0 aliphatic carbocycles. The maximum atomic E-state index is 12.2. The largest absolute Gasteiger partial charge is 0.435 e. The molecule has 0 amide bonds. The van der Waals surface area contributed by atoms with Crippen LogP contribution in [0.15, 0.2) is 35.9 Å². The number of nitrogens with zero attached hydrogens (tertiary/aromatic N) is 2. The summed E-state index contributed by atoms with van der Waals surface area (Å²) < 4.78 is 28.9. The summed E-state index contributed by atoms with van der Waals surface area (Å²) in [6.07, 6.45) is 4.92. The summed E-state index contributed by atoms with van der Waals surface area (Å²) in [4.78, 5) is 5.15. The van der Waals surface area contributed by atoms with Gasteiger partial charge in [-0.3, -0.25) is 9.80 Å². The summed E-state index contributed by atoms with van der Waals surface area (Å²) in [6, 6.07) is 7.68. The van der Waals surface area contributed by atoms with Crippen LogP contribution < -0.4 is 4.74 Å². The minimum absolute atomic E-state index is 0.225. The molecule has 2 atom stereocenters. The van der Waals surface area contributed by atoms with Crippen LogP contribution in [0.4, 0.5) is 8.78 Å². The van der Waals surface area contributed by atoms with E-state index in [1.165, 1.54) is 25.0 Å². The first kappa shape index (κ1) is 18.3. The van der Waals surface area contributed by atoms with Crippen molar-refractivity contribution in [3.63, 3.8) is 0 Å². The minimum Gasteiger partial charge on any atom is -0.435 e. The molecule has 3 fully saturated rings. The first-order valence-electron chi connectivity index (χ1n) is 9.13. The normalized spacial score (nSPS) is 24.4. The standard InChI is InChI=1S/C20H28F2N2O/c1-15(2)9-10-24-13-17-3-6-18(24)14-23(12-17)11-16-4-7-19(8-5-16)25-20(21)22/h4-5,7-9,17-18,20H,3,6,10-14H2,1-2H3/t17-,18+/m0/s1. The number of rotatable bonds is 6. The third-order valence-electron chi connectivity index (χ3n) is 5.19. The first-order chi connectivity index (χ1) is 12.0. The second-order valence-corrected chi connectivity index (χ2v) is 7.55. The van der Waals surface area contributed by atoms with E-state index in [1.54, 1.807) is 12.1 Å². The molecule has 1 aromatic carbocycles. The van der Waals surface area contributed by atoms with E-state index < -0.39 is 6.61 Å². The first-order valence-corrected chi connectivity index (χ1v) is 9.13. The van der Waals surface area contributed by atoms with Gasteiger partial charge in [-0.05, 0) is 50.3 Å². The number of alkyl halides is 2. The van der Waals surface area contributed by atoms with Gasteiger partial charge in [-0.2, -0.15) is 8.78 Å². The Morgan fingerprint density at radius 2 is 1.92 bits per heavy atom. The van der Waals surface area contributed by atoms with Crippen LogP contribution in [0.5, 0.6) is 5.75 Å². The second-order valence-electron chi connectivity index (χ2n) is 7.55. The molecule has 0 saturated carbocycles. The Labute approximate surface area is 149 Å². The highest BCUT2D eigenvalue weighted by molar-refractivity contribution is 5.27. The van der Waals surface area contributed by atoms with E-state index in [2.05, 4.69) is 34.5 Å².